The molecule has 2 heterocycles. The van der Waals surface area contributed by atoms with Gasteiger partial charge in [-0.05, 0) is 27.2 Å². The molecule has 0 aliphatic rings. The van der Waals surface area contributed by atoms with Crippen LogP contribution in [-0.2, 0) is 13.0 Å². The lowest BCUT2D eigenvalue weighted by molar-refractivity contribution is 0.372. The molecule has 0 aromatic carbocycles. The smallest absolute Gasteiger partial charge is 0.226 e. The molecule has 0 atom stereocenters. The second-order valence-corrected chi connectivity index (χ2v) is 6.23. The van der Waals surface area contributed by atoms with Gasteiger partial charge in [0, 0.05) is 24.9 Å². The van der Waals surface area contributed by atoms with Gasteiger partial charge in [0.15, 0.2) is 11.8 Å². The van der Waals surface area contributed by atoms with Gasteiger partial charge >= 0.3 is 0 Å². The third-order valence-corrected chi connectivity index (χ3v) is 4.21. The van der Waals surface area contributed by atoms with Crippen molar-refractivity contribution in [2.24, 2.45) is 4.99 Å². The van der Waals surface area contributed by atoms with E-state index in [1.54, 1.807) is 18.4 Å². The number of rotatable bonds is 6. The van der Waals surface area contributed by atoms with Crippen molar-refractivity contribution in [2.45, 2.75) is 40.2 Å². The van der Waals surface area contributed by atoms with E-state index in [4.69, 9.17) is 4.52 Å². The van der Waals surface area contributed by atoms with Crippen LogP contribution in [0.5, 0.6) is 0 Å². The Balaban J connectivity index is 1.69. The Morgan fingerprint density at radius 3 is 2.64 bits per heavy atom. The molecule has 0 radical (unpaired) electrons. The fourth-order valence-corrected chi connectivity index (χ4v) is 2.76. The van der Waals surface area contributed by atoms with Crippen LogP contribution in [0.1, 0.15) is 33.7 Å². The molecule has 0 saturated carbocycles. The van der Waals surface area contributed by atoms with Gasteiger partial charge in [-0.2, -0.15) is 4.98 Å². The highest BCUT2D eigenvalue weighted by Gasteiger charge is 2.05. The summed E-state index contributed by atoms with van der Waals surface area (Å²) in [6.45, 7) is 7.41. The van der Waals surface area contributed by atoms with Crippen LogP contribution in [0.4, 0.5) is 0 Å². The molecule has 0 saturated heterocycles. The second-order valence-electron chi connectivity index (χ2n) is 4.94. The van der Waals surface area contributed by atoms with Crippen molar-refractivity contribution in [3.8, 4) is 0 Å². The van der Waals surface area contributed by atoms with Crippen molar-refractivity contribution in [3.05, 3.63) is 27.3 Å². The van der Waals surface area contributed by atoms with Crippen molar-refractivity contribution in [2.75, 3.05) is 13.6 Å². The van der Waals surface area contributed by atoms with Crippen molar-refractivity contribution in [1.82, 2.24) is 25.8 Å². The first-order valence-electron chi connectivity index (χ1n) is 7.25. The SMILES string of the molecule is CN=C(NCCCc1nc(C)no1)NCc1nc(C)c(C)s1. The lowest BCUT2D eigenvalue weighted by Crippen LogP contribution is -2.37. The fourth-order valence-electron chi connectivity index (χ4n) is 1.88. The summed E-state index contributed by atoms with van der Waals surface area (Å²) in [7, 11) is 1.76. The first kappa shape index (κ1) is 16.4. The minimum atomic E-state index is 0.675. The monoisotopic (exact) mass is 322 g/mol. The summed E-state index contributed by atoms with van der Waals surface area (Å²) >= 11 is 1.71. The summed E-state index contributed by atoms with van der Waals surface area (Å²) in [5.74, 6) is 2.12. The van der Waals surface area contributed by atoms with Gasteiger partial charge in [0.25, 0.3) is 0 Å². The number of aryl methyl sites for hydroxylation is 4. The number of nitrogens with zero attached hydrogens (tertiary/aromatic N) is 4. The Hall–Kier alpha value is -1.96. The predicted octanol–water partition coefficient (Wildman–Crippen LogP) is 1.75. The van der Waals surface area contributed by atoms with Crippen molar-refractivity contribution >= 4 is 17.3 Å². The van der Waals surface area contributed by atoms with Crippen molar-refractivity contribution in [3.63, 3.8) is 0 Å². The van der Waals surface area contributed by atoms with Gasteiger partial charge in [-0.25, -0.2) is 4.98 Å². The van der Waals surface area contributed by atoms with E-state index in [9.17, 15) is 0 Å². The Morgan fingerprint density at radius 1 is 1.23 bits per heavy atom. The largest absolute Gasteiger partial charge is 0.356 e. The normalized spacial score (nSPS) is 11.7. The third kappa shape index (κ3) is 4.80. The highest BCUT2D eigenvalue weighted by Crippen LogP contribution is 2.15. The highest BCUT2D eigenvalue weighted by atomic mass is 32.1. The summed E-state index contributed by atoms with van der Waals surface area (Å²) < 4.78 is 5.07. The number of guanidine groups is 1. The van der Waals surface area contributed by atoms with Crippen molar-refractivity contribution < 1.29 is 4.52 Å². The topological polar surface area (TPSA) is 88.2 Å². The molecule has 120 valence electrons. The third-order valence-electron chi connectivity index (χ3n) is 3.13. The maximum Gasteiger partial charge on any atom is 0.226 e. The van der Waals surface area contributed by atoms with Gasteiger partial charge in [-0.3, -0.25) is 4.99 Å². The van der Waals surface area contributed by atoms with Crippen LogP contribution in [0, 0.1) is 20.8 Å². The van der Waals surface area contributed by atoms with Gasteiger partial charge in [0.1, 0.15) is 5.01 Å². The van der Waals surface area contributed by atoms with Crippen LogP contribution in [-0.4, -0.2) is 34.7 Å². The molecule has 2 aromatic rings. The summed E-state index contributed by atoms with van der Waals surface area (Å²) in [6.07, 6.45) is 1.66. The quantitative estimate of drug-likeness (QED) is 0.478. The molecule has 0 spiro atoms. The maximum absolute atomic E-state index is 5.07. The molecule has 0 bridgehead atoms. The number of hydrogen-bond acceptors (Lipinski definition) is 6. The van der Waals surface area contributed by atoms with Crippen LogP contribution in [0.3, 0.4) is 0 Å². The maximum atomic E-state index is 5.07. The predicted molar refractivity (Wildman–Crippen MR) is 87.1 cm³/mol. The molecule has 2 aromatic heterocycles. The molecule has 0 aliphatic heterocycles. The minimum Gasteiger partial charge on any atom is -0.356 e. The first-order chi connectivity index (χ1) is 10.6. The number of thiazole rings is 1. The average Bonchev–Trinajstić information content (AvgIpc) is 3.04. The molecule has 2 rings (SSSR count). The van der Waals surface area contributed by atoms with E-state index in [-0.39, 0.29) is 0 Å². The van der Waals surface area contributed by atoms with E-state index in [0.717, 1.165) is 36.0 Å². The molecule has 0 unspecified atom stereocenters. The number of nitrogens with one attached hydrogen (secondary N) is 2. The van der Waals surface area contributed by atoms with E-state index < -0.39 is 0 Å². The van der Waals surface area contributed by atoms with Crippen LogP contribution < -0.4 is 10.6 Å². The zero-order chi connectivity index (χ0) is 15.9. The highest BCUT2D eigenvalue weighted by molar-refractivity contribution is 7.11. The summed E-state index contributed by atoms with van der Waals surface area (Å²) in [6, 6.07) is 0. The zero-order valence-corrected chi connectivity index (χ0v) is 14.3. The number of aromatic nitrogens is 3. The lowest BCUT2D eigenvalue weighted by atomic mass is 10.3. The van der Waals surface area contributed by atoms with Gasteiger partial charge < -0.3 is 15.2 Å². The molecule has 0 aliphatic carbocycles. The number of hydrogen-bond donors (Lipinski definition) is 2. The van der Waals surface area contributed by atoms with Gasteiger partial charge in [-0.1, -0.05) is 5.16 Å². The van der Waals surface area contributed by atoms with E-state index in [1.165, 1.54) is 4.88 Å². The summed E-state index contributed by atoms with van der Waals surface area (Å²) in [4.78, 5) is 14.1. The summed E-state index contributed by atoms with van der Waals surface area (Å²) in [5.41, 5.74) is 1.10. The standard InChI is InChI=1S/C14H22N6OS/c1-9-10(2)22-13(18-9)8-17-14(15-4)16-7-5-6-12-19-11(3)20-21-12/h5-8H2,1-4H3,(H2,15,16,17). The molecular weight excluding hydrogens is 300 g/mol. The van der Waals surface area contributed by atoms with Gasteiger partial charge in [0.05, 0.1) is 12.2 Å². The Morgan fingerprint density at radius 2 is 2.05 bits per heavy atom. The molecule has 7 nitrogen and oxygen atoms in total. The molecular formula is C14H22N6OS. The Kier molecular flexibility index (Phi) is 5.88. The molecule has 0 amide bonds. The van der Waals surface area contributed by atoms with Crippen molar-refractivity contribution in [1.29, 1.82) is 0 Å². The molecule has 2 N–H and O–H groups in total. The van der Waals surface area contributed by atoms with Gasteiger partial charge in [-0.15, -0.1) is 11.3 Å². The van der Waals surface area contributed by atoms with E-state index in [2.05, 4.69) is 37.7 Å². The average molecular weight is 322 g/mol. The van der Waals surface area contributed by atoms with Crippen LogP contribution in [0.2, 0.25) is 0 Å². The first-order valence-corrected chi connectivity index (χ1v) is 8.06. The lowest BCUT2D eigenvalue weighted by Gasteiger charge is -2.10. The minimum absolute atomic E-state index is 0.675. The second kappa shape index (κ2) is 7.88. The molecule has 0 fully saturated rings. The van der Waals surface area contributed by atoms with E-state index in [1.807, 2.05) is 13.8 Å². The number of aliphatic imine (C=N–C) groups is 1. The molecule has 8 heteroatoms. The van der Waals surface area contributed by atoms with Crippen LogP contribution >= 0.6 is 11.3 Å². The van der Waals surface area contributed by atoms with E-state index in [0.29, 0.717) is 18.3 Å². The summed E-state index contributed by atoms with van der Waals surface area (Å²) in [5, 5.41) is 11.4. The van der Waals surface area contributed by atoms with Gasteiger partial charge in [0.2, 0.25) is 5.89 Å². The zero-order valence-electron chi connectivity index (χ0n) is 13.4. The fraction of sp³-hybridized carbons (Fsp3) is 0.571. The Bertz CT molecular complexity index is 614. The van der Waals surface area contributed by atoms with E-state index >= 15 is 0 Å². The molecule has 22 heavy (non-hydrogen) atoms. The van der Waals surface area contributed by atoms with Crippen LogP contribution in [0.15, 0.2) is 9.52 Å². The van der Waals surface area contributed by atoms with Crippen LogP contribution in [0.25, 0.3) is 0 Å². The Labute approximate surface area is 134 Å².